The Hall–Kier alpha value is -0.610. The first kappa shape index (κ1) is 16.4. The molecule has 0 bridgehead atoms. The zero-order chi connectivity index (χ0) is 13.6. The van der Waals surface area contributed by atoms with Crippen molar-refractivity contribution < 1.29 is 4.79 Å². The van der Waals surface area contributed by atoms with Crippen LogP contribution in [0.1, 0.15) is 34.6 Å². The standard InChI is InChI=1S/C13H29N3O/c1-7-16(10-13(4,5)9-14)8-12(17)15(6)11(2)3/h11H,7-10,14H2,1-6H3. The number of nitrogens with zero attached hydrogens (tertiary/aromatic N) is 2. The molecular weight excluding hydrogens is 214 g/mol. The van der Waals surface area contributed by atoms with Gasteiger partial charge in [-0.15, -0.1) is 0 Å². The summed E-state index contributed by atoms with van der Waals surface area (Å²) in [6.45, 7) is 13.2. The quantitative estimate of drug-likeness (QED) is 0.730. The van der Waals surface area contributed by atoms with Gasteiger partial charge >= 0.3 is 0 Å². The Kier molecular flexibility index (Phi) is 6.72. The molecule has 0 saturated heterocycles. The molecule has 0 spiro atoms. The first-order chi connectivity index (χ1) is 7.73. The molecule has 0 radical (unpaired) electrons. The van der Waals surface area contributed by atoms with Gasteiger partial charge in [-0.05, 0) is 32.4 Å². The smallest absolute Gasteiger partial charge is 0.236 e. The van der Waals surface area contributed by atoms with Gasteiger partial charge in [0.2, 0.25) is 5.91 Å². The molecule has 0 aromatic heterocycles. The fraction of sp³-hybridized carbons (Fsp3) is 0.923. The van der Waals surface area contributed by atoms with Crippen LogP contribution in [0.2, 0.25) is 0 Å². The van der Waals surface area contributed by atoms with Gasteiger partial charge in [0.15, 0.2) is 0 Å². The molecule has 0 unspecified atom stereocenters. The molecule has 2 N–H and O–H groups in total. The van der Waals surface area contributed by atoms with Gasteiger partial charge in [0, 0.05) is 19.6 Å². The third-order valence-electron chi connectivity index (χ3n) is 3.18. The Morgan fingerprint density at radius 2 is 1.88 bits per heavy atom. The number of carbonyl (C=O) groups is 1. The summed E-state index contributed by atoms with van der Waals surface area (Å²) in [5.41, 5.74) is 5.79. The predicted octanol–water partition coefficient (Wildman–Crippen LogP) is 1.16. The van der Waals surface area contributed by atoms with Crippen LogP contribution in [0.4, 0.5) is 0 Å². The second kappa shape index (κ2) is 6.97. The number of nitrogens with two attached hydrogens (primary N) is 1. The summed E-state index contributed by atoms with van der Waals surface area (Å²) >= 11 is 0. The van der Waals surface area contributed by atoms with E-state index in [2.05, 4.69) is 25.7 Å². The number of carbonyl (C=O) groups excluding carboxylic acids is 1. The van der Waals surface area contributed by atoms with Crippen molar-refractivity contribution in [2.75, 3.05) is 33.2 Å². The van der Waals surface area contributed by atoms with Crippen molar-refractivity contribution in [3.8, 4) is 0 Å². The van der Waals surface area contributed by atoms with Gasteiger partial charge in [0.05, 0.1) is 6.54 Å². The summed E-state index contributed by atoms with van der Waals surface area (Å²) in [5.74, 6) is 0.176. The van der Waals surface area contributed by atoms with Gasteiger partial charge in [-0.2, -0.15) is 0 Å². The van der Waals surface area contributed by atoms with Crippen molar-refractivity contribution in [2.24, 2.45) is 11.1 Å². The summed E-state index contributed by atoms with van der Waals surface area (Å²) in [6, 6.07) is 0.253. The summed E-state index contributed by atoms with van der Waals surface area (Å²) in [6.07, 6.45) is 0. The van der Waals surface area contributed by atoms with E-state index in [9.17, 15) is 4.79 Å². The topological polar surface area (TPSA) is 49.6 Å². The number of likely N-dealkylation sites (N-methyl/N-ethyl adjacent to an activating group) is 2. The Morgan fingerprint density at radius 1 is 1.35 bits per heavy atom. The average molecular weight is 243 g/mol. The number of hydrogen-bond donors (Lipinski definition) is 1. The summed E-state index contributed by atoms with van der Waals surface area (Å²) in [7, 11) is 1.86. The van der Waals surface area contributed by atoms with Crippen molar-refractivity contribution in [3.63, 3.8) is 0 Å². The molecule has 0 aromatic rings. The highest BCUT2D eigenvalue weighted by Gasteiger charge is 2.22. The second-order valence-corrected chi connectivity index (χ2v) is 5.77. The minimum absolute atomic E-state index is 0.0622. The summed E-state index contributed by atoms with van der Waals surface area (Å²) in [5, 5.41) is 0. The highest BCUT2D eigenvalue weighted by Crippen LogP contribution is 2.14. The molecule has 0 rings (SSSR count). The zero-order valence-corrected chi connectivity index (χ0v) is 12.3. The first-order valence-corrected chi connectivity index (χ1v) is 6.41. The number of rotatable bonds is 7. The van der Waals surface area contributed by atoms with Crippen molar-refractivity contribution >= 4 is 5.91 Å². The van der Waals surface area contributed by atoms with Crippen LogP contribution in [-0.2, 0) is 4.79 Å². The van der Waals surface area contributed by atoms with Crippen LogP contribution in [0.5, 0.6) is 0 Å². The summed E-state index contributed by atoms with van der Waals surface area (Å²) in [4.78, 5) is 15.9. The minimum atomic E-state index is 0.0622. The Bertz CT molecular complexity index is 239. The van der Waals surface area contributed by atoms with Gasteiger partial charge in [-0.1, -0.05) is 20.8 Å². The molecule has 17 heavy (non-hydrogen) atoms. The van der Waals surface area contributed by atoms with E-state index in [4.69, 9.17) is 5.73 Å². The SMILES string of the molecule is CCN(CC(=O)N(C)C(C)C)CC(C)(C)CN. The first-order valence-electron chi connectivity index (χ1n) is 6.41. The number of hydrogen-bond acceptors (Lipinski definition) is 3. The molecule has 4 heteroatoms. The molecule has 0 saturated carbocycles. The Balaban J connectivity index is 4.36. The molecule has 0 atom stereocenters. The summed E-state index contributed by atoms with van der Waals surface area (Å²) < 4.78 is 0. The molecule has 4 nitrogen and oxygen atoms in total. The van der Waals surface area contributed by atoms with Crippen LogP contribution in [0, 0.1) is 5.41 Å². The average Bonchev–Trinajstić information content (AvgIpc) is 2.26. The molecule has 102 valence electrons. The van der Waals surface area contributed by atoms with Crippen LogP contribution in [0.25, 0.3) is 0 Å². The number of amides is 1. The highest BCUT2D eigenvalue weighted by atomic mass is 16.2. The third-order valence-corrected chi connectivity index (χ3v) is 3.18. The molecule has 0 aliphatic heterocycles. The lowest BCUT2D eigenvalue weighted by Gasteiger charge is -2.32. The van der Waals surface area contributed by atoms with Gasteiger partial charge in [0.25, 0.3) is 0 Å². The highest BCUT2D eigenvalue weighted by molar-refractivity contribution is 5.78. The fourth-order valence-corrected chi connectivity index (χ4v) is 1.54. The van der Waals surface area contributed by atoms with Crippen LogP contribution < -0.4 is 5.73 Å². The molecule has 1 amide bonds. The van der Waals surface area contributed by atoms with E-state index in [1.54, 1.807) is 4.90 Å². The third kappa shape index (κ3) is 6.03. The molecule has 0 aliphatic carbocycles. The van der Waals surface area contributed by atoms with Crippen molar-refractivity contribution in [1.82, 2.24) is 9.80 Å². The lowest BCUT2D eigenvalue weighted by atomic mass is 9.93. The molecule has 0 aromatic carbocycles. The predicted molar refractivity (Wildman–Crippen MR) is 72.9 cm³/mol. The van der Waals surface area contributed by atoms with Gasteiger partial charge in [-0.3, -0.25) is 9.69 Å². The Morgan fingerprint density at radius 3 is 2.24 bits per heavy atom. The molecule has 0 fully saturated rings. The van der Waals surface area contributed by atoms with Gasteiger partial charge in [-0.25, -0.2) is 0 Å². The van der Waals surface area contributed by atoms with E-state index in [1.165, 1.54) is 0 Å². The minimum Gasteiger partial charge on any atom is -0.342 e. The van der Waals surface area contributed by atoms with Crippen LogP contribution in [0.3, 0.4) is 0 Å². The van der Waals surface area contributed by atoms with Crippen LogP contribution >= 0.6 is 0 Å². The molecule has 0 aliphatic rings. The normalized spacial score (nSPS) is 12.3. The van der Waals surface area contributed by atoms with E-state index in [-0.39, 0.29) is 17.4 Å². The second-order valence-electron chi connectivity index (χ2n) is 5.77. The largest absolute Gasteiger partial charge is 0.342 e. The lowest BCUT2D eigenvalue weighted by Crippen LogP contribution is -2.45. The van der Waals surface area contributed by atoms with E-state index in [0.717, 1.165) is 13.1 Å². The lowest BCUT2D eigenvalue weighted by molar-refractivity contribution is -0.132. The van der Waals surface area contributed by atoms with Crippen molar-refractivity contribution in [1.29, 1.82) is 0 Å². The van der Waals surface area contributed by atoms with E-state index < -0.39 is 0 Å². The van der Waals surface area contributed by atoms with E-state index in [1.807, 2.05) is 20.9 Å². The Labute approximate surface area is 106 Å². The zero-order valence-electron chi connectivity index (χ0n) is 12.3. The van der Waals surface area contributed by atoms with Crippen LogP contribution in [0.15, 0.2) is 0 Å². The van der Waals surface area contributed by atoms with E-state index >= 15 is 0 Å². The maximum absolute atomic E-state index is 12.0. The maximum Gasteiger partial charge on any atom is 0.236 e. The maximum atomic E-state index is 12.0. The van der Waals surface area contributed by atoms with E-state index in [0.29, 0.717) is 13.1 Å². The van der Waals surface area contributed by atoms with Crippen molar-refractivity contribution in [2.45, 2.75) is 40.7 Å². The fourth-order valence-electron chi connectivity index (χ4n) is 1.54. The van der Waals surface area contributed by atoms with Crippen molar-refractivity contribution in [3.05, 3.63) is 0 Å². The molecular formula is C13H29N3O. The van der Waals surface area contributed by atoms with Gasteiger partial charge in [0.1, 0.15) is 0 Å². The van der Waals surface area contributed by atoms with Gasteiger partial charge < -0.3 is 10.6 Å². The molecule has 0 heterocycles. The monoisotopic (exact) mass is 243 g/mol. The van der Waals surface area contributed by atoms with Crippen LogP contribution in [-0.4, -0.2) is 55.0 Å².